The van der Waals surface area contributed by atoms with Gasteiger partial charge in [-0.15, -0.1) is 0 Å². The van der Waals surface area contributed by atoms with E-state index in [9.17, 15) is 0 Å². The molecule has 8 bridgehead atoms. The van der Waals surface area contributed by atoms with E-state index in [-0.39, 0.29) is 11.8 Å². The van der Waals surface area contributed by atoms with Crippen molar-refractivity contribution >= 4 is 44.1 Å². The van der Waals surface area contributed by atoms with Crippen LogP contribution in [0.2, 0.25) is 0 Å². The summed E-state index contributed by atoms with van der Waals surface area (Å²) in [6, 6.07) is 24.6. The fraction of sp³-hybridized carbons (Fsp3) is 0.188. The summed E-state index contributed by atoms with van der Waals surface area (Å²) < 4.78 is 0. The Hall–Kier alpha value is -4.98. The van der Waals surface area contributed by atoms with Gasteiger partial charge in [0.2, 0.25) is 0 Å². The van der Waals surface area contributed by atoms with E-state index in [0.29, 0.717) is 11.6 Å². The van der Waals surface area contributed by atoms with Crippen LogP contribution in [0.5, 0.6) is 0 Å². The lowest BCUT2D eigenvalue weighted by Gasteiger charge is -2.23. The van der Waals surface area contributed by atoms with E-state index in [1.165, 1.54) is 12.8 Å². The van der Waals surface area contributed by atoms with Gasteiger partial charge in [-0.2, -0.15) is 0 Å². The highest BCUT2D eigenvalue weighted by Gasteiger charge is 2.36. The fourth-order valence-electron chi connectivity index (χ4n) is 6.59. The summed E-state index contributed by atoms with van der Waals surface area (Å²) >= 11 is 0. The van der Waals surface area contributed by atoms with Gasteiger partial charge in [0.15, 0.2) is 11.6 Å². The van der Waals surface area contributed by atoms with Crippen LogP contribution in [-0.4, -0.2) is 39.9 Å². The van der Waals surface area contributed by atoms with Crippen LogP contribution in [0.15, 0.2) is 72.8 Å². The Labute approximate surface area is 228 Å². The summed E-state index contributed by atoms with van der Waals surface area (Å²) in [6.07, 6.45) is 4.50. The van der Waals surface area contributed by atoms with Gasteiger partial charge in [-0.3, -0.25) is 0 Å². The van der Waals surface area contributed by atoms with Gasteiger partial charge in [-0.1, -0.05) is 85.6 Å². The molecule has 8 nitrogen and oxygen atoms in total. The maximum atomic E-state index is 5.16. The molecule has 1 aliphatic carbocycles. The number of rotatable bonds is 0. The van der Waals surface area contributed by atoms with E-state index in [1.54, 1.807) is 0 Å². The molecule has 3 aromatic carbocycles. The van der Waals surface area contributed by atoms with Crippen LogP contribution in [0, 0.1) is 0 Å². The van der Waals surface area contributed by atoms with Crippen molar-refractivity contribution in [3.8, 4) is 22.8 Å². The van der Waals surface area contributed by atoms with Gasteiger partial charge < -0.3 is 9.97 Å². The standard InChI is InChI=1S/C32H24N8/c1-2-10-18-17(9-1)25-33-26(18)38-28-21-13-5-6-14-22(21)30(35-28)40-32-24-16-8-7-15-23(24)31(36-32)39-29-20-12-4-3-11-19(20)27(34-29)37-25/h1-6,9-14,23-24H,7-8,15-16H2,(H2,33,34,35,36,37,38,39,40)/t23-,24?/m0/s1. The van der Waals surface area contributed by atoms with Crippen LogP contribution in [0.4, 0.5) is 0 Å². The Morgan fingerprint density at radius 2 is 0.850 bits per heavy atom. The minimum Gasteiger partial charge on any atom is -0.324 e. The largest absolute Gasteiger partial charge is 0.324 e. The molecule has 0 radical (unpaired) electrons. The zero-order valence-electron chi connectivity index (χ0n) is 21.6. The highest BCUT2D eigenvalue weighted by Crippen LogP contribution is 2.45. The number of benzene rings is 3. The highest BCUT2D eigenvalue weighted by atomic mass is 15.1. The molecule has 1 unspecified atom stereocenters. The number of hydrogen-bond donors (Lipinski definition) is 2. The van der Waals surface area contributed by atoms with Crippen molar-refractivity contribution in [2.75, 3.05) is 0 Å². The van der Waals surface area contributed by atoms with Gasteiger partial charge >= 0.3 is 0 Å². The average molecular weight is 521 g/mol. The molecular formula is C32H24N8. The van der Waals surface area contributed by atoms with E-state index in [0.717, 1.165) is 79.8 Å². The second-order valence-electron chi connectivity index (χ2n) is 10.8. The summed E-state index contributed by atoms with van der Waals surface area (Å²) in [5.41, 5.74) is 4.92. The molecule has 1 fully saturated rings. The molecule has 5 heterocycles. The summed E-state index contributed by atoms with van der Waals surface area (Å²) in [5, 5.41) is 4.05. The molecule has 6 aromatic rings. The second-order valence-corrected chi connectivity index (χ2v) is 10.8. The van der Waals surface area contributed by atoms with Crippen LogP contribution in [-0.2, 0) is 0 Å². The molecule has 2 atom stereocenters. The molecule has 0 spiro atoms. The first-order valence-electron chi connectivity index (χ1n) is 13.9. The Bertz CT molecular complexity index is 2010. The minimum atomic E-state index is 0.263. The molecule has 40 heavy (non-hydrogen) atoms. The highest BCUT2D eigenvalue weighted by molar-refractivity contribution is 6.05. The predicted octanol–water partition coefficient (Wildman–Crippen LogP) is 6.98. The van der Waals surface area contributed by atoms with Gasteiger partial charge in [0, 0.05) is 44.5 Å². The van der Waals surface area contributed by atoms with E-state index < -0.39 is 0 Å². The lowest BCUT2D eigenvalue weighted by Crippen LogP contribution is -2.12. The normalized spacial score (nSPS) is 18.1. The zero-order chi connectivity index (χ0) is 26.2. The molecule has 9 rings (SSSR count). The maximum absolute atomic E-state index is 5.16. The number of fused-ring (bicyclic) bond motifs is 20. The molecule has 0 saturated heterocycles. The van der Waals surface area contributed by atoms with Crippen molar-refractivity contribution in [1.82, 2.24) is 39.9 Å². The number of nitrogens with zero attached hydrogens (tertiary/aromatic N) is 6. The Kier molecular flexibility index (Phi) is 4.52. The molecule has 1 saturated carbocycles. The number of nitrogens with one attached hydrogen (secondary N) is 2. The Morgan fingerprint density at radius 1 is 0.450 bits per heavy atom. The molecular weight excluding hydrogens is 496 g/mol. The van der Waals surface area contributed by atoms with Gasteiger partial charge in [-0.25, -0.2) is 29.9 Å². The third kappa shape index (κ3) is 3.19. The van der Waals surface area contributed by atoms with Gasteiger partial charge in [0.1, 0.15) is 34.2 Å². The lowest BCUT2D eigenvalue weighted by molar-refractivity contribution is 0.391. The van der Waals surface area contributed by atoms with Crippen molar-refractivity contribution in [3.63, 3.8) is 0 Å². The summed E-state index contributed by atoms with van der Waals surface area (Å²) in [4.78, 5) is 37.5. The molecule has 192 valence electrons. The van der Waals surface area contributed by atoms with Gasteiger partial charge in [-0.05, 0) is 12.8 Å². The molecule has 2 aliphatic heterocycles. The number of hydrogen-bond acceptors (Lipinski definition) is 6. The SMILES string of the molecule is c1ccc2c(c1)-c1nc-2nc2[nH]c(nc3nc(nc4[nH]c(n1)c1ccccc41)C1CCCC[C@H]31)c1ccccc21. The average Bonchev–Trinajstić information content (AvgIpc) is 3.73. The van der Waals surface area contributed by atoms with Crippen molar-refractivity contribution in [3.05, 3.63) is 84.4 Å². The first-order valence-corrected chi connectivity index (χ1v) is 13.9. The third-order valence-corrected chi connectivity index (χ3v) is 8.52. The van der Waals surface area contributed by atoms with Crippen molar-refractivity contribution in [2.24, 2.45) is 0 Å². The van der Waals surface area contributed by atoms with Crippen LogP contribution in [0.1, 0.15) is 49.2 Å². The molecule has 3 aliphatic rings. The van der Waals surface area contributed by atoms with E-state index in [4.69, 9.17) is 29.9 Å². The lowest BCUT2D eigenvalue weighted by atomic mass is 9.80. The molecule has 0 amide bonds. The predicted molar refractivity (Wildman–Crippen MR) is 156 cm³/mol. The van der Waals surface area contributed by atoms with E-state index in [1.807, 2.05) is 48.5 Å². The quantitative estimate of drug-likeness (QED) is 0.223. The summed E-state index contributed by atoms with van der Waals surface area (Å²) in [6.45, 7) is 0. The van der Waals surface area contributed by atoms with Crippen LogP contribution >= 0.6 is 0 Å². The van der Waals surface area contributed by atoms with Gasteiger partial charge in [0.25, 0.3) is 0 Å². The first-order chi connectivity index (χ1) is 19.8. The smallest absolute Gasteiger partial charge is 0.164 e. The van der Waals surface area contributed by atoms with Crippen LogP contribution < -0.4 is 0 Å². The number of aromatic nitrogens is 8. The van der Waals surface area contributed by atoms with Gasteiger partial charge in [0.05, 0.1) is 0 Å². The summed E-state index contributed by atoms with van der Waals surface area (Å²) in [5.74, 6) is 3.49. The summed E-state index contributed by atoms with van der Waals surface area (Å²) in [7, 11) is 0. The molecule has 8 heteroatoms. The second kappa shape index (κ2) is 8.26. The molecule has 2 N–H and O–H groups in total. The van der Waals surface area contributed by atoms with Crippen molar-refractivity contribution < 1.29 is 0 Å². The third-order valence-electron chi connectivity index (χ3n) is 8.52. The van der Waals surface area contributed by atoms with Crippen LogP contribution in [0.25, 0.3) is 66.9 Å². The van der Waals surface area contributed by atoms with Crippen molar-refractivity contribution in [1.29, 1.82) is 0 Å². The van der Waals surface area contributed by atoms with E-state index >= 15 is 0 Å². The number of aromatic amines is 2. The Morgan fingerprint density at radius 3 is 1.30 bits per heavy atom. The van der Waals surface area contributed by atoms with E-state index in [2.05, 4.69) is 34.2 Å². The van der Waals surface area contributed by atoms with Crippen LogP contribution in [0.3, 0.4) is 0 Å². The minimum absolute atomic E-state index is 0.263. The fourth-order valence-corrected chi connectivity index (χ4v) is 6.59. The monoisotopic (exact) mass is 520 g/mol. The first kappa shape index (κ1) is 21.9. The zero-order valence-corrected chi connectivity index (χ0v) is 21.6. The topological polar surface area (TPSA) is 109 Å². The van der Waals surface area contributed by atoms with Crippen molar-refractivity contribution in [2.45, 2.75) is 37.5 Å². The maximum Gasteiger partial charge on any atom is 0.164 e. The number of H-pyrrole nitrogens is 2. The Balaban J connectivity index is 1.47. The molecule has 3 aromatic heterocycles.